The Labute approximate surface area is 146 Å². The van der Waals surface area contributed by atoms with Crippen LogP contribution >= 0.6 is 0 Å². The molecular weight excluding hydrogens is 315 g/mol. The molecule has 2 aromatic carbocycles. The molecule has 0 aliphatic heterocycles. The maximum absolute atomic E-state index is 13.3. The third-order valence-corrected chi connectivity index (χ3v) is 3.95. The highest BCUT2D eigenvalue weighted by atomic mass is 19.1. The Kier molecular flexibility index (Phi) is 5.52. The second-order valence-corrected chi connectivity index (χ2v) is 5.81. The lowest BCUT2D eigenvalue weighted by Crippen LogP contribution is -2.30. The number of aryl methyl sites for hydroxylation is 1. The van der Waals surface area contributed by atoms with E-state index in [0.717, 1.165) is 16.8 Å². The minimum Gasteiger partial charge on any atom is -0.308 e. The molecule has 1 aromatic heterocycles. The van der Waals surface area contributed by atoms with E-state index in [4.69, 9.17) is 0 Å². The first kappa shape index (κ1) is 16.8. The molecule has 0 fully saturated rings. The average molecular weight is 334 g/mol. The third-order valence-electron chi connectivity index (χ3n) is 3.95. The fraction of sp³-hybridized carbons (Fsp3) is 0.143. The number of carbonyl (C=O) groups is 1. The molecule has 3 aromatic rings. The molecule has 3 rings (SSSR count). The number of aromatic nitrogens is 1. The first-order valence-corrected chi connectivity index (χ1v) is 8.21. The van der Waals surface area contributed by atoms with Gasteiger partial charge in [-0.05, 0) is 47.9 Å². The summed E-state index contributed by atoms with van der Waals surface area (Å²) in [4.78, 5) is 18.7. The zero-order valence-corrected chi connectivity index (χ0v) is 13.8. The normalized spacial score (nSPS) is 10.4. The fourth-order valence-electron chi connectivity index (χ4n) is 2.68. The summed E-state index contributed by atoms with van der Waals surface area (Å²) in [6, 6.07) is 19.8. The Bertz CT molecular complexity index is 822. The van der Waals surface area contributed by atoms with Crippen molar-refractivity contribution in [2.75, 3.05) is 4.90 Å². The summed E-state index contributed by atoms with van der Waals surface area (Å²) in [5.41, 5.74) is 2.63. The largest absolute Gasteiger partial charge is 0.308 e. The number of para-hydroxylation sites is 1. The number of hydrogen-bond acceptors (Lipinski definition) is 2. The van der Waals surface area contributed by atoms with Crippen LogP contribution in [0.1, 0.15) is 17.5 Å². The Morgan fingerprint density at radius 2 is 1.76 bits per heavy atom. The van der Waals surface area contributed by atoms with Gasteiger partial charge in [0.05, 0.1) is 6.54 Å². The molecule has 0 aliphatic rings. The molecule has 3 nitrogen and oxygen atoms in total. The van der Waals surface area contributed by atoms with E-state index in [1.54, 1.807) is 23.4 Å². The summed E-state index contributed by atoms with van der Waals surface area (Å²) < 4.78 is 13.3. The summed E-state index contributed by atoms with van der Waals surface area (Å²) in [5, 5.41) is 0. The Morgan fingerprint density at radius 1 is 0.960 bits per heavy atom. The molecule has 4 heteroatoms. The molecule has 126 valence electrons. The van der Waals surface area contributed by atoms with Gasteiger partial charge in [0.1, 0.15) is 5.82 Å². The lowest BCUT2D eigenvalue weighted by atomic mass is 10.1. The number of carbonyl (C=O) groups excluding carboxylic acids is 1. The van der Waals surface area contributed by atoms with Crippen LogP contribution in [0.4, 0.5) is 10.1 Å². The predicted molar refractivity (Wildman–Crippen MR) is 96.6 cm³/mol. The standard InChI is InChI=1S/C21H19FN2O/c22-19-8-4-6-17(14-19)11-12-21(25)24(20-9-2-1-3-10-20)16-18-7-5-13-23-15-18/h1-10,13-15H,11-12,16H2. The van der Waals surface area contributed by atoms with Gasteiger partial charge in [0, 0.05) is 24.5 Å². The SMILES string of the molecule is O=C(CCc1cccc(F)c1)N(Cc1cccnc1)c1ccccc1. The molecule has 0 bridgehead atoms. The van der Waals surface area contributed by atoms with Crippen LogP contribution in [-0.4, -0.2) is 10.9 Å². The van der Waals surface area contributed by atoms with Gasteiger partial charge in [0.25, 0.3) is 0 Å². The van der Waals surface area contributed by atoms with Gasteiger partial charge in [-0.1, -0.05) is 36.4 Å². The van der Waals surface area contributed by atoms with Crippen LogP contribution in [0.2, 0.25) is 0 Å². The molecule has 1 heterocycles. The highest BCUT2D eigenvalue weighted by Crippen LogP contribution is 2.19. The summed E-state index contributed by atoms with van der Waals surface area (Å²) >= 11 is 0. The van der Waals surface area contributed by atoms with E-state index in [2.05, 4.69) is 4.98 Å². The molecule has 0 aliphatic carbocycles. The number of hydrogen-bond donors (Lipinski definition) is 0. The number of anilines is 1. The Hall–Kier alpha value is -3.01. The fourth-order valence-corrected chi connectivity index (χ4v) is 2.68. The Morgan fingerprint density at radius 3 is 2.48 bits per heavy atom. The molecule has 25 heavy (non-hydrogen) atoms. The van der Waals surface area contributed by atoms with Crippen molar-refractivity contribution in [3.05, 3.63) is 96.1 Å². The van der Waals surface area contributed by atoms with Crippen LogP contribution in [0.3, 0.4) is 0 Å². The minimum atomic E-state index is -0.278. The van der Waals surface area contributed by atoms with Crippen molar-refractivity contribution in [1.82, 2.24) is 4.98 Å². The Balaban J connectivity index is 1.75. The van der Waals surface area contributed by atoms with Crippen molar-refractivity contribution in [3.8, 4) is 0 Å². The van der Waals surface area contributed by atoms with Crippen molar-refractivity contribution in [2.45, 2.75) is 19.4 Å². The average Bonchev–Trinajstić information content (AvgIpc) is 2.66. The van der Waals surface area contributed by atoms with Crippen LogP contribution in [0.15, 0.2) is 79.1 Å². The molecule has 0 unspecified atom stereocenters. The van der Waals surface area contributed by atoms with E-state index in [1.165, 1.54) is 12.1 Å². The van der Waals surface area contributed by atoms with Crippen molar-refractivity contribution in [3.63, 3.8) is 0 Å². The van der Waals surface area contributed by atoms with E-state index >= 15 is 0 Å². The van der Waals surface area contributed by atoms with Gasteiger partial charge in [-0.15, -0.1) is 0 Å². The van der Waals surface area contributed by atoms with Crippen LogP contribution in [-0.2, 0) is 17.8 Å². The summed E-state index contributed by atoms with van der Waals surface area (Å²) in [6.45, 7) is 0.458. The monoisotopic (exact) mass is 334 g/mol. The molecular formula is C21H19FN2O. The first-order chi connectivity index (χ1) is 12.2. The van der Waals surface area contributed by atoms with E-state index in [9.17, 15) is 9.18 Å². The molecule has 0 saturated heterocycles. The number of halogens is 1. The van der Waals surface area contributed by atoms with Gasteiger partial charge in [-0.3, -0.25) is 9.78 Å². The van der Waals surface area contributed by atoms with E-state index in [1.807, 2.05) is 48.5 Å². The lowest BCUT2D eigenvalue weighted by molar-refractivity contribution is -0.118. The topological polar surface area (TPSA) is 33.2 Å². The maximum Gasteiger partial charge on any atom is 0.227 e. The number of pyridine rings is 1. The molecule has 1 amide bonds. The summed E-state index contributed by atoms with van der Waals surface area (Å²) in [5.74, 6) is -0.278. The summed E-state index contributed by atoms with van der Waals surface area (Å²) in [6.07, 6.45) is 4.30. The molecule has 0 spiro atoms. The van der Waals surface area contributed by atoms with Crippen LogP contribution in [0.5, 0.6) is 0 Å². The van der Waals surface area contributed by atoms with Crippen molar-refractivity contribution in [1.29, 1.82) is 0 Å². The number of amides is 1. The molecule has 0 atom stereocenters. The lowest BCUT2D eigenvalue weighted by Gasteiger charge is -2.23. The quantitative estimate of drug-likeness (QED) is 0.670. The summed E-state index contributed by atoms with van der Waals surface area (Å²) in [7, 11) is 0. The second kappa shape index (κ2) is 8.20. The zero-order chi connectivity index (χ0) is 17.5. The van der Waals surface area contributed by atoms with Gasteiger partial charge in [0.15, 0.2) is 0 Å². The zero-order valence-electron chi connectivity index (χ0n) is 13.8. The number of benzene rings is 2. The number of nitrogens with zero attached hydrogens (tertiary/aromatic N) is 2. The number of rotatable bonds is 6. The predicted octanol–water partition coefficient (Wildman–Crippen LogP) is 4.39. The second-order valence-electron chi connectivity index (χ2n) is 5.81. The highest BCUT2D eigenvalue weighted by Gasteiger charge is 2.16. The maximum atomic E-state index is 13.3. The van der Waals surface area contributed by atoms with Crippen LogP contribution in [0, 0.1) is 5.82 Å². The van der Waals surface area contributed by atoms with E-state index in [0.29, 0.717) is 19.4 Å². The third kappa shape index (κ3) is 4.73. The van der Waals surface area contributed by atoms with Crippen molar-refractivity contribution >= 4 is 11.6 Å². The van der Waals surface area contributed by atoms with Crippen LogP contribution < -0.4 is 4.90 Å². The molecule has 0 radical (unpaired) electrons. The van der Waals surface area contributed by atoms with Crippen molar-refractivity contribution in [2.24, 2.45) is 0 Å². The molecule has 0 saturated carbocycles. The minimum absolute atomic E-state index is 0.000635. The van der Waals surface area contributed by atoms with Crippen molar-refractivity contribution < 1.29 is 9.18 Å². The van der Waals surface area contributed by atoms with E-state index < -0.39 is 0 Å². The van der Waals surface area contributed by atoms with Gasteiger partial charge in [-0.25, -0.2) is 4.39 Å². The molecule has 0 N–H and O–H groups in total. The highest BCUT2D eigenvalue weighted by molar-refractivity contribution is 5.93. The van der Waals surface area contributed by atoms with Gasteiger partial charge in [-0.2, -0.15) is 0 Å². The van der Waals surface area contributed by atoms with Crippen LogP contribution in [0.25, 0.3) is 0 Å². The van der Waals surface area contributed by atoms with Gasteiger partial charge < -0.3 is 4.90 Å². The smallest absolute Gasteiger partial charge is 0.227 e. The first-order valence-electron chi connectivity index (χ1n) is 8.21. The van der Waals surface area contributed by atoms with Gasteiger partial charge in [0.2, 0.25) is 5.91 Å². The van der Waals surface area contributed by atoms with E-state index in [-0.39, 0.29) is 11.7 Å². The van der Waals surface area contributed by atoms with Gasteiger partial charge >= 0.3 is 0 Å².